The lowest BCUT2D eigenvalue weighted by atomic mass is 9.86. The van der Waals surface area contributed by atoms with E-state index in [1.54, 1.807) is 6.20 Å². The van der Waals surface area contributed by atoms with Gasteiger partial charge in [-0.05, 0) is 63.8 Å². The number of amides is 1. The number of unbranched alkanes of at least 4 members (excludes halogenated alkanes) is 2. The number of carbonyl (C=O) groups is 2. The number of rotatable bonds is 13. The van der Waals surface area contributed by atoms with Gasteiger partial charge in [-0.2, -0.15) is 0 Å². The average Bonchev–Trinajstić information content (AvgIpc) is 3.63. The highest BCUT2D eigenvalue weighted by atomic mass is 16.7. The molecule has 3 aromatic rings. The Labute approximate surface area is 259 Å². The minimum Gasteiger partial charge on any atom is -0.438 e. The third-order valence-electron chi connectivity index (χ3n) is 9.50. The third kappa shape index (κ3) is 7.04. The molecular formula is C35H45N5O4. The molecule has 6 rings (SSSR count). The summed E-state index contributed by atoms with van der Waals surface area (Å²) in [6.07, 6.45) is 10.8. The van der Waals surface area contributed by atoms with E-state index in [4.69, 9.17) is 14.2 Å². The number of ketones is 1. The van der Waals surface area contributed by atoms with Crippen molar-refractivity contribution in [3.8, 4) is 11.3 Å². The topological polar surface area (TPSA) is 110 Å². The molecule has 0 unspecified atom stereocenters. The van der Waals surface area contributed by atoms with Crippen molar-refractivity contribution in [3.63, 3.8) is 0 Å². The summed E-state index contributed by atoms with van der Waals surface area (Å²) in [4.78, 5) is 43.1. The Kier molecular flexibility index (Phi) is 9.12. The van der Waals surface area contributed by atoms with Gasteiger partial charge in [0.2, 0.25) is 5.89 Å². The lowest BCUT2D eigenvalue weighted by Gasteiger charge is -2.39. The van der Waals surface area contributed by atoms with E-state index in [0.717, 1.165) is 61.7 Å². The number of likely N-dealkylation sites (tertiary alicyclic amines) is 1. The fourth-order valence-electron chi connectivity index (χ4n) is 6.37. The summed E-state index contributed by atoms with van der Waals surface area (Å²) in [6.45, 7) is 8.20. The first kappa shape index (κ1) is 30.4. The van der Waals surface area contributed by atoms with E-state index in [-0.39, 0.29) is 17.3 Å². The summed E-state index contributed by atoms with van der Waals surface area (Å²) in [7, 11) is 0. The lowest BCUT2D eigenvalue weighted by Crippen LogP contribution is -2.47. The molecule has 1 saturated carbocycles. The van der Waals surface area contributed by atoms with Gasteiger partial charge in [0.1, 0.15) is 23.1 Å². The molecule has 2 fully saturated rings. The van der Waals surface area contributed by atoms with Crippen LogP contribution in [-0.4, -0.2) is 57.0 Å². The highest BCUT2D eigenvalue weighted by Gasteiger charge is 2.44. The lowest BCUT2D eigenvalue weighted by molar-refractivity contribution is -0.119. The molecule has 234 valence electrons. The zero-order chi connectivity index (χ0) is 30.7. The number of pyridine rings is 1. The van der Waals surface area contributed by atoms with Gasteiger partial charge in [0, 0.05) is 73.8 Å². The minimum absolute atomic E-state index is 0.234. The maximum Gasteiger partial charge on any atom is 0.269 e. The van der Waals surface area contributed by atoms with Crippen molar-refractivity contribution in [1.82, 2.24) is 20.2 Å². The van der Waals surface area contributed by atoms with Gasteiger partial charge in [-0.25, -0.2) is 4.98 Å². The molecule has 1 amide bonds. The molecule has 1 saturated heterocycles. The van der Waals surface area contributed by atoms with Crippen LogP contribution in [0, 0.1) is 0 Å². The number of benzene rings is 1. The Bertz CT molecular complexity index is 1520. The maximum absolute atomic E-state index is 13.5. The summed E-state index contributed by atoms with van der Waals surface area (Å²) in [5.41, 5.74) is 3.12. The number of hydrogen-bond donors (Lipinski definition) is 1. The number of Topliss-reactive ketones (excluding diaryl/α,β-unsaturated/α-hetero) is 1. The van der Waals surface area contributed by atoms with Crippen molar-refractivity contribution in [2.24, 2.45) is 5.16 Å². The van der Waals surface area contributed by atoms with Crippen LogP contribution in [0.1, 0.15) is 115 Å². The van der Waals surface area contributed by atoms with Gasteiger partial charge in [0.25, 0.3) is 5.91 Å². The first-order valence-corrected chi connectivity index (χ1v) is 16.5. The van der Waals surface area contributed by atoms with Crippen LogP contribution in [0.2, 0.25) is 0 Å². The van der Waals surface area contributed by atoms with Crippen molar-refractivity contribution in [1.29, 1.82) is 0 Å². The molecule has 3 aliphatic rings. The Balaban J connectivity index is 1.13. The zero-order valence-corrected chi connectivity index (χ0v) is 26.3. The second-order valence-electron chi connectivity index (χ2n) is 13.1. The van der Waals surface area contributed by atoms with Gasteiger partial charge in [0.05, 0.1) is 11.7 Å². The van der Waals surface area contributed by atoms with Crippen LogP contribution in [0.25, 0.3) is 22.2 Å². The van der Waals surface area contributed by atoms with E-state index in [1.807, 2.05) is 19.1 Å². The molecule has 1 atom stereocenters. The van der Waals surface area contributed by atoms with Crippen LogP contribution in [0.4, 0.5) is 0 Å². The second-order valence-corrected chi connectivity index (χ2v) is 13.1. The maximum atomic E-state index is 13.5. The predicted octanol–water partition coefficient (Wildman–Crippen LogP) is 6.87. The van der Waals surface area contributed by atoms with Crippen molar-refractivity contribution < 1.29 is 18.8 Å². The van der Waals surface area contributed by atoms with Gasteiger partial charge < -0.3 is 19.5 Å². The Morgan fingerprint density at radius 3 is 2.66 bits per heavy atom. The SMILES string of the molecule is CCC(=O)CCCCC[C@H](NC(=O)C1=NOC2(CCN(C(C)C)CC2)C1)c1ncc(-c2ccc3nc(C4CC4)ccc3c2)o1. The smallest absolute Gasteiger partial charge is 0.269 e. The fraction of sp³-hybridized carbons (Fsp3) is 0.571. The predicted molar refractivity (Wildman–Crippen MR) is 170 cm³/mol. The number of fused-ring (bicyclic) bond motifs is 1. The van der Waals surface area contributed by atoms with Crippen molar-refractivity contribution >= 4 is 28.3 Å². The van der Waals surface area contributed by atoms with Gasteiger partial charge in [-0.15, -0.1) is 0 Å². The molecule has 0 bridgehead atoms. The second kappa shape index (κ2) is 13.2. The number of nitrogens with zero attached hydrogens (tertiary/aromatic N) is 4. The summed E-state index contributed by atoms with van der Waals surface area (Å²) >= 11 is 0. The largest absolute Gasteiger partial charge is 0.438 e. The first-order chi connectivity index (χ1) is 21.3. The molecule has 1 spiro atoms. The number of oxazole rings is 1. The Hall–Kier alpha value is -3.59. The summed E-state index contributed by atoms with van der Waals surface area (Å²) in [5.74, 6) is 1.79. The van der Waals surface area contributed by atoms with Crippen LogP contribution in [-0.2, 0) is 14.4 Å². The summed E-state index contributed by atoms with van der Waals surface area (Å²) < 4.78 is 6.30. The van der Waals surface area contributed by atoms with E-state index in [2.05, 4.69) is 52.4 Å². The minimum atomic E-state index is -0.414. The molecule has 9 heteroatoms. The molecule has 1 N–H and O–H groups in total. The quantitative estimate of drug-likeness (QED) is 0.213. The van der Waals surface area contributed by atoms with Gasteiger partial charge in [0.15, 0.2) is 5.76 Å². The molecule has 2 aliphatic heterocycles. The fourth-order valence-corrected chi connectivity index (χ4v) is 6.37. The van der Waals surface area contributed by atoms with Gasteiger partial charge in [-0.3, -0.25) is 14.6 Å². The van der Waals surface area contributed by atoms with Crippen molar-refractivity contribution in [3.05, 3.63) is 48.1 Å². The molecule has 1 aromatic carbocycles. The molecular weight excluding hydrogens is 554 g/mol. The van der Waals surface area contributed by atoms with E-state index < -0.39 is 6.04 Å². The van der Waals surface area contributed by atoms with E-state index in [1.165, 1.54) is 18.5 Å². The molecule has 0 radical (unpaired) electrons. The van der Waals surface area contributed by atoms with Crippen LogP contribution >= 0.6 is 0 Å². The number of oxime groups is 1. The number of nitrogens with one attached hydrogen (secondary N) is 1. The third-order valence-corrected chi connectivity index (χ3v) is 9.50. The van der Waals surface area contributed by atoms with E-state index >= 15 is 0 Å². The first-order valence-electron chi connectivity index (χ1n) is 16.5. The molecule has 4 heterocycles. The number of piperidine rings is 1. The van der Waals surface area contributed by atoms with Crippen LogP contribution in [0.15, 0.2) is 46.1 Å². The Morgan fingerprint density at radius 1 is 1.09 bits per heavy atom. The van der Waals surface area contributed by atoms with Crippen molar-refractivity contribution in [2.45, 2.75) is 115 Å². The highest BCUT2D eigenvalue weighted by molar-refractivity contribution is 6.39. The van der Waals surface area contributed by atoms with E-state index in [9.17, 15) is 9.59 Å². The van der Waals surface area contributed by atoms with Crippen LogP contribution < -0.4 is 5.32 Å². The average molecular weight is 600 g/mol. The van der Waals surface area contributed by atoms with Gasteiger partial charge >= 0.3 is 0 Å². The van der Waals surface area contributed by atoms with E-state index in [0.29, 0.717) is 55.0 Å². The van der Waals surface area contributed by atoms with Gasteiger partial charge in [-0.1, -0.05) is 31.0 Å². The molecule has 2 aromatic heterocycles. The normalized spacial score (nSPS) is 18.9. The molecule has 9 nitrogen and oxygen atoms in total. The highest BCUT2D eigenvalue weighted by Crippen LogP contribution is 2.40. The summed E-state index contributed by atoms with van der Waals surface area (Å²) in [6, 6.07) is 10.5. The number of aromatic nitrogens is 2. The number of carbonyl (C=O) groups excluding carboxylic acids is 2. The number of hydrogen-bond acceptors (Lipinski definition) is 8. The van der Waals surface area contributed by atoms with Crippen molar-refractivity contribution in [2.75, 3.05) is 13.1 Å². The monoisotopic (exact) mass is 599 g/mol. The molecule has 44 heavy (non-hydrogen) atoms. The Morgan fingerprint density at radius 2 is 1.91 bits per heavy atom. The van der Waals surface area contributed by atoms with Crippen LogP contribution in [0.5, 0.6) is 0 Å². The standard InChI is InChI=1S/C35H45N5O4/c1-4-27(41)8-6-5-7-9-30(38-33(42)31-21-35(44-39-31)16-18-40(19-17-35)23(2)3)34-36-22-32(43-34)26-13-15-29-25(20-26)12-14-28(37-29)24-10-11-24/h12-15,20,22-24,30H,4-11,16-19,21H2,1-3H3,(H,38,42)/t30-/m0/s1. The zero-order valence-electron chi connectivity index (χ0n) is 26.3. The van der Waals surface area contributed by atoms with Crippen LogP contribution in [0.3, 0.4) is 0 Å². The molecule has 1 aliphatic carbocycles. The summed E-state index contributed by atoms with van der Waals surface area (Å²) in [5, 5.41) is 8.48.